The zero-order valence-electron chi connectivity index (χ0n) is 13.5. The number of carbonyl (C=O) groups excluding carboxylic acids is 1. The van der Waals surface area contributed by atoms with Crippen molar-refractivity contribution in [3.63, 3.8) is 0 Å². The van der Waals surface area contributed by atoms with Crippen LogP contribution in [-0.2, 0) is 16.1 Å². The Morgan fingerprint density at radius 3 is 2.79 bits per heavy atom. The second-order valence-electron chi connectivity index (χ2n) is 5.69. The van der Waals surface area contributed by atoms with Crippen molar-refractivity contribution >= 4 is 36.4 Å². The fourth-order valence-electron chi connectivity index (χ4n) is 2.98. The van der Waals surface area contributed by atoms with Gasteiger partial charge in [-0.25, -0.2) is 0 Å². The minimum Gasteiger partial charge on any atom is -0.384 e. The van der Waals surface area contributed by atoms with Gasteiger partial charge < -0.3 is 15.4 Å². The molecule has 1 fully saturated rings. The van der Waals surface area contributed by atoms with Crippen LogP contribution in [0.5, 0.6) is 0 Å². The molecule has 0 unspecified atom stereocenters. The van der Waals surface area contributed by atoms with Crippen molar-refractivity contribution in [3.8, 4) is 0 Å². The fourth-order valence-corrected chi connectivity index (χ4v) is 2.98. The summed E-state index contributed by atoms with van der Waals surface area (Å²) in [6, 6.07) is 5.72. The van der Waals surface area contributed by atoms with E-state index in [1.54, 1.807) is 7.11 Å². The second-order valence-corrected chi connectivity index (χ2v) is 5.69. The number of hydrogen-bond acceptors (Lipinski definition) is 5. The predicted octanol–water partition coefficient (Wildman–Crippen LogP) is 1.21. The number of methoxy groups -OCH3 is 1. The first-order chi connectivity index (χ1) is 10.7. The molecule has 0 bridgehead atoms. The molecule has 2 N–H and O–H groups in total. The summed E-state index contributed by atoms with van der Waals surface area (Å²) in [5, 5.41) is 14.5. The Morgan fingerprint density at radius 1 is 1.33 bits per heavy atom. The number of aromatic nitrogens is 3. The van der Waals surface area contributed by atoms with Crippen LogP contribution in [0.2, 0.25) is 0 Å². The van der Waals surface area contributed by atoms with Gasteiger partial charge in [0.05, 0.1) is 18.6 Å². The van der Waals surface area contributed by atoms with E-state index in [1.807, 2.05) is 28.8 Å². The summed E-state index contributed by atoms with van der Waals surface area (Å²) in [6.07, 6.45) is 3.47. The first-order valence-corrected chi connectivity index (χ1v) is 7.52. The van der Waals surface area contributed by atoms with Crippen LogP contribution in [0.15, 0.2) is 24.4 Å². The van der Waals surface area contributed by atoms with Crippen LogP contribution in [0.3, 0.4) is 0 Å². The molecule has 2 aromatic heterocycles. The molecule has 2 aromatic rings. The summed E-state index contributed by atoms with van der Waals surface area (Å²) in [4.78, 5) is 12.7. The van der Waals surface area contributed by atoms with E-state index in [9.17, 15) is 4.79 Å². The van der Waals surface area contributed by atoms with Gasteiger partial charge in [-0.15, -0.1) is 35.0 Å². The van der Waals surface area contributed by atoms with Crippen LogP contribution in [0.25, 0.3) is 5.65 Å². The normalized spacial score (nSPS) is 16.0. The lowest BCUT2D eigenvalue weighted by atomic mass is 9.78. The van der Waals surface area contributed by atoms with Crippen molar-refractivity contribution in [2.24, 2.45) is 5.41 Å². The van der Waals surface area contributed by atoms with E-state index < -0.39 is 5.41 Å². The molecule has 1 aliphatic rings. The molecule has 1 amide bonds. The van der Waals surface area contributed by atoms with Crippen molar-refractivity contribution in [3.05, 3.63) is 30.2 Å². The lowest BCUT2D eigenvalue weighted by molar-refractivity contribution is -0.136. The van der Waals surface area contributed by atoms with Gasteiger partial charge in [0.25, 0.3) is 0 Å². The number of rotatable bonds is 5. The number of amides is 1. The molecular formula is C15H23Cl2N5O2. The van der Waals surface area contributed by atoms with Crippen LogP contribution in [0.1, 0.15) is 18.7 Å². The Balaban J connectivity index is 0.00000144. The Kier molecular flexibility index (Phi) is 7.89. The monoisotopic (exact) mass is 375 g/mol. The van der Waals surface area contributed by atoms with Gasteiger partial charge in [0.1, 0.15) is 0 Å². The van der Waals surface area contributed by atoms with Gasteiger partial charge in [-0.1, -0.05) is 6.07 Å². The summed E-state index contributed by atoms with van der Waals surface area (Å²) in [5.74, 6) is 0.758. The zero-order chi connectivity index (χ0) is 15.4. The highest BCUT2D eigenvalue weighted by Crippen LogP contribution is 2.29. The van der Waals surface area contributed by atoms with E-state index in [0.29, 0.717) is 13.2 Å². The average molecular weight is 376 g/mol. The van der Waals surface area contributed by atoms with Gasteiger partial charge in [-0.3, -0.25) is 9.20 Å². The van der Waals surface area contributed by atoms with E-state index in [2.05, 4.69) is 20.8 Å². The Bertz CT molecular complexity index is 653. The van der Waals surface area contributed by atoms with Crippen LogP contribution >= 0.6 is 24.8 Å². The van der Waals surface area contributed by atoms with Crippen molar-refractivity contribution in [2.75, 3.05) is 26.8 Å². The van der Waals surface area contributed by atoms with Crippen molar-refractivity contribution in [1.82, 2.24) is 25.2 Å². The number of piperidine rings is 1. The van der Waals surface area contributed by atoms with Crippen molar-refractivity contribution in [2.45, 2.75) is 19.4 Å². The largest absolute Gasteiger partial charge is 0.384 e. The molecule has 0 atom stereocenters. The molecule has 0 aliphatic carbocycles. The maximum Gasteiger partial charge on any atom is 0.229 e. The van der Waals surface area contributed by atoms with E-state index in [4.69, 9.17) is 4.74 Å². The molecule has 24 heavy (non-hydrogen) atoms. The molecule has 0 spiro atoms. The standard InChI is InChI=1S/C15H21N5O2.2ClH/c1-22-11-15(5-7-16-8-6-15)14(21)17-10-13-19-18-12-4-2-3-9-20(12)13;;/h2-4,9,16H,5-8,10-11H2,1H3,(H,17,21);2*1H. The molecule has 0 radical (unpaired) electrons. The van der Waals surface area contributed by atoms with Crippen LogP contribution < -0.4 is 10.6 Å². The summed E-state index contributed by atoms with van der Waals surface area (Å²) < 4.78 is 7.17. The third-order valence-corrected chi connectivity index (χ3v) is 4.25. The minimum absolute atomic E-state index is 0. The zero-order valence-corrected chi connectivity index (χ0v) is 15.2. The molecule has 9 heteroatoms. The number of pyridine rings is 1. The highest BCUT2D eigenvalue weighted by molar-refractivity contribution is 5.85. The van der Waals surface area contributed by atoms with Gasteiger partial charge in [0.2, 0.25) is 5.91 Å². The Hall–Kier alpha value is -1.41. The molecule has 0 saturated carbocycles. The Morgan fingerprint density at radius 2 is 2.08 bits per heavy atom. The first-order valence-electron chi connectivity index (χ1n) is 7.52. The molecule has 1 aliphatic heterocycles. The van der Waals surface area contributed by atoms with Gasteiger partial charge in [0.15, 0.2) is 11.5 Å². The molecule has 7 nitrogen and oxygen atoms in total. The maximum absolute atomic E-state index is 12.7. The fraction of sp³-hybridized carbons (Fsp3) is 0.533. The summed E-state index contributed by atoms with van der Waals surface area (Å²) in [7, 11) is 1.64. The summed E-state index contributed by atoms with van der Waals surface area (Å²) in [6.45, 7) is 2.49. The predicted molar refractivity (Wildman–Crippen MR) is 95.7 cm³/mol. The molecule has 1 saturated heterocycles. The van der Waals surface area contributed by atoms with Gasteiger partial charge in [-0.05, 0) is 38.1 Å². The highest BCUT2D eigenvalue weighted by Gasteiger charge is 2.39. The third-order valence-electron chi connectivity index (χ3n) is 4.25. The number of fused-ring (bicyclic) bond motifs is 1. The molecular weight excluding hydrogens is 353 g/mol. The number of hydrogen-bond donors (Lipinski definition) is 2. The van der Waals surface area contributed by atoms with Crippen molar-refractivity contribution in [1.29, 1.82) is 0 Å². The molecule has 3 rings (SSSR count). The average Bonchev–Trinajstić information content (AvgIpc) is 2.97. The SMILES string of the molecule is COCC1(C(=O)NCc2nnc3ccccn23)CCNCC1.Cl.Cl. The molecule has 0 aromatic carbocycles. The van der Waals surface area contributed by atoms with E-state index in [1.165, 1.54) is 0 Å². The maximum atomic E-state index is 12.7. The lowest BCUT2D eigenvalue weighted by Gasteiger charge is -2.35. The second kappa shape index (κ2) is 9.17. The van der Waals surface area contributed by atoms with Crippen LogP contribution in [-0.4, -0.2) is 47.3 Å². The Labute approximate surface area is 153 Å². The minimum atomic E-state index is -0.444. The van der Waals surface area contributed by atoms with Gasteiger partial charge in [0, 0.05) is 13.3 Å². The number of nitrogens with zero attached hydrogens (tertiary/aromatic N) is 3. The summed E-state index contributed by atoms with van der Waals surface area (Å²) in [5.41, 5.74) is 0.334. The topological polar surface area (TPSA) is 80.5 Å². The van der Waals surface area contributed by atoms with Gasteiger partial charge >= 0.3 is 0 Å². The van der Waals surface area contributed by atoms with Crippen molar-refractivity contribution < 1.29 is 9.53 Å². The quantitative estimate of drug-likeness (QED) is 0.820. The first kappa shape index (κ1) is 20.6. The molecule has 134 valence electrons. The van der Waals surface area contributed by atoms with Crippen LogP contribution in [0.4, 0.5) is 0 Å². The molecule has 3 heterocycles. The smallest absolute Gasteiger partial charge is 0.229 e. The number of carbonyl (C=O) groups is 1. The van der Waals surface area contributed by atoms with E-state index in [0.717, 1.165) is 37.4 Å². The summed E-state index contributed by atoms with van der Waals surface area (Å²) >= 11 is 0. The number of halogens is 2. The van der Waals surface area contributed by atoms with E-state index >= 15 is 0 Å². The third kappa shape index (κ3) is 4.16. The van der Waals surface area contributed by atoms with Crippen LogP contribution in [0, 0.1) is 5.41 Å². The van der Waals surface area contributed by atoms with E-state index in [-0.39, 0.29) is 30.7 Å². The van der Waals surface area contributed by atoms with Gasteiger partial charge in [-0.2, -0.15) is 0 Å². The number of nitrogens with one attached hydrogen (secondary N) is 2. The lowest BCUT2D eigenvalue weighted by Crippen LogP contribution is -2.50. The number of ether oxygens (including phenoxy) is 1. The highest BCUT2D eigenvalue weighted by atomic mass is 35.5.